The summed E-state index contributed by atoms with van der Waals surface area (Å²) in [7, 11) is 4.74. The quantitative estimate of drug-likeness (QED) is 0.522. The van der Waals surface area contributed by atoms with Gasteiger partial charge in [0.05, 0.1) is 21.3 Å². The number of nitrogens with one attached hydrogen (secondary N) is 1. The van der Waals surface area contributed by atoms with Gasteiger partial charge in [0, 0.05) is 18.9 Å². The lowest BCUT2D eigenvalue weighted by Crippen LogP contribution is -2.29. The van der Waals surface area contributed by atoms with Gasteiger partial charge in [-0.1, -0.05) is 60.7 Å². The Balaban J connectivity index is 1.65. The normalized spacial score (nSPS) is 10.6. The predicted octanol–water partition coefficient (Wildman–Crippen LogP) is 4.59. The molecule has 0 saturated heterocycles. The Hall–Kier alpha value is -3.47. The molecule has 5 nitrogen and oxygen atoms in total. The summed E-state index contributed by atoms with van der Waals surface area (Å²) < 4.78 is 16.2. The third-order valence-electron chi connectivity index (χ3n) is 5.27. The van der Waals surface area contributed by atoms with E-state index >= 15 is 0 Å². The van der Waals surface area contributed by atoms with E-state index in [1.807, 2.05) is 48.5 Å². The third-order valence-corrected chi connectivity index (χ3v) is 5.27. The van der Waals surface area contributed by atoms with Gasteiger partial charge in [-0.05, 0) is 35.2 Å². The van der Waals surface area contributed by atoms with Gasteiger partial charge in [0.2, 0.25) is 11.7 Å². The minimum atomic E-state index is 0.00520. The number of benzene rings is 3. The first kappa shape index (κ1) is 22.2. The topological polar surface area (TPSA) is 56.8 Å². The first-order chi connectivity index (χ1) is 15.2. The number of hydrogen-bond donors (Lipinski definition) is 1. The van der Waals surface area contributed by atoms with Crippen LogP contribution in [0.1, 0.15) is 29.0 Å². The minimum absolute atomic E-state index is 0.00520. The number of aryl methyl sites for hydroxylation is 1. The van der Waals surface area contributed by atoms with E-state index in [0.717, 1.165) is 5.56 Å². The Bertz CT molecular complexity index is 909. The summed E-state index contributed by atoms with van der Waals surface area (Å²) in [6.45, 7) is 0.544. The molecule has 5 heteroatoms. The van der Waals surface area contributed by atoms with Gasteiger partial charge in [-0.25, -0.2) is 0 Å². The van der Waals surface area contributed by atoms with Crippen molar-refractivity contribution >= 4 is 5.91 Å². The van der Waals surface area contributed by atoms with Gasteiger partial charge in [-0.3, -0.25) is 4.79 Å². The molecule has 0 unspecified atom stereocenters. The molecule has 3 aromatic rings. The molecule has 0 spiro atoms. The van der Waals surface area contributed by atoms with Gasteiger partial charge < -0.3 is 19.5 Å². The fourth-order valence-electron chi connectivity index (χ4n) is 3.64. The number of methoxy groups -OCH3 is 3. The van der Waals surface area contributed by atoms with Crippen LogP contribution in [-0.2, 0) is 11.2 Å². The summed E-state index contributed by atoms with van der Waals surface area (Å²) in [6, 6.07) is 24.3. The van der Waals surface area contributed by atoms with Gasteiger partial charge in [-0.2, -0.15) is 0 Å². The number of rotatable bonds is 10. The second-order valence-corrected chi connectivity index (χ2v) is 7.21. The lowest BCUT2D eigenvalue weighted by Gasteiger charge is -2.19. The molecule has 0 aromatic heterocycles. The zero-order valence-electron chi connectivity index (χ0n) is 18.3. The highest BCUT2D eigenvalue weighted by Gasteiger charge is 2.16. The number of carbonyl (C=O) groups excluding carboxylic acids is 1. The van der Waals surface area contributed by atoms with E-state index in [9.17, 15) is 4.79 Å². The van der Waals surface area contributed by atoms with Crippen molar-refractivity contribution in [1.82, 2.24) is 5.32 Å². The molecule has 0 aliphatic rings. The molecule has 0 fully saturated rings. The van der Waals surface area contributed by atoms with Gasteiger partial charge in [-0.15, -0.1) is 0 Å². The van der Waals surface area contributed by atoms with Crippen LogP contribution in [0.3, 0.4) is 0 Å². The van der Waals surface area contributed by atoms with Crippen molar-refractivity contribution in [3.8, 4) is 17.2 Å². The molecule has 1 amide bonds. The lowest BCUT2D eigenvalue weighted by atomic mass is 9.91. The van der Waals surface area contributed by atoms with Gasteiger partial charge in [0.25, 0.3) is 0 Å². The maximum absolute atomic E-state index is 12.6. The van der Waals surface area contributed by atoms with Crippen molar-refractivity contribution in [3.05, 3.63) is 89.5 Å². The van der Waals surface area contributed by atoms with Crippen LogP contribution in [0.25, 0.3) is 0 Å². The van der Waals surface area contributed by atoms with Crippen LogP contribution >= 0.6 is 0 Å². The van der Waals surface area contributed by atoms with Crippen molar-refractivity contribution < 1.29 is 19.0 Å². The highest BCUT2D eigenvalue weighted by molar-refractivity contribution is 5.76. The predicted molar refractivity (Wildman–Crippen MR) is 122 cm³/mol. The van der Waals surface area contributed by atoms with Crippen LogP contribution in [0.2, 0.25) is 0 Å². The number of ether oxygens (including phenoxy) is 3. The number of carbonyl (C=O) groups is 1. The summed E-state index contributed by atoms with van der Waals surface area (Å²) in [6.07, 6.45) is 0.943. The molecule has 0 aliphatic heterocycles. The molecule has 162 valence electrons. The van der Waals surface area contributed by atoms with Crippen LogP contribution in [0.4, 0.5) is 0 Å². The zero-order chi connectivity index (χ0) is 22.1. The largest absolute Gasteiger partial charge is 0.493 e. The molecular formula is C26H29NO4. The van der Waals surface area contributed by atoms with E-state index in [-0.39, 0.29) is 11.8 Å². The first-order valence-corrected chi connectivity index (χ1v) is 10.3. The van der Waals surface area contributed by atoms with Gasteiger partial charge in [0.1, 0.15) is 0 Å². The standard InChI is InChI=1S/C26H29NO4/c1-29-23-16-19(17-24(30-2)26(23)31-3)14-15-25(28)27-18-22(20-10-6-4-7-11-20)21-12-8-5-9-13-21/h4-13,16-17,22H,14-15,18H2,1-3H3,(H,27,28). The second-order valence-electron chi connectivity index (χ2n) is 7.21. The molecule has 0 saturated carbocycles. The van der Waals surface area contributed by atoms with Gasteiger partial charge in [0.15, 0.2) is 11.5 Å². The van der Waals surface area contributed by atoms with Crippen LogP contribution in [0.5, 0.6) is 17.2 Å². The van der Waals surface area contributed by atoms with E-state index in [0.29, 0.717) is 36.6 Å². The summed E-state index contributed by atoms with van der Waals surface area (Å²) >= 11 is 0. The monoisotopic (exact) mass is 419 g/mol. The average molecular weight is 420 g/mol. The van der Waals surface area contributed by atoms with Crippen LogP contribution in [0, 0.1) is 0 Å². The maximum atomic E-state index is 12.6. The second kappa shape index (κ2) is 11.1. The highest BCUT2D eigenvalue weighted by atomic mass is 16.5. The lowest BCUT2D eigenvalue weighted by molar-refractivity contribution is -0.121. The van der Waals surface area contributed by atoms with Gasteiger partial charge >= 0.3 is 0 Å². The smallest absolute Gasteiger partial charge is 0.220 e. The van der Waals surface area contributed by atoms with Crippen molar-refractivity contribution in [2.75, 3.05) is 27.9 Å². The minimum Gasteiger partial charge on any atom is -0.493 e. The summed E-state index contributed by atoms with van der Waals surface area (Å²) in [5.74, 6) is 1.83. The molecule has 0 atom stereocenters. The first-order valence-electron chi connectivity index (χ1n) is 10.3. The van der Waals surface area contributed by atoms with E-state index in [1.165, 1.54) is 11.1 Å². The molecule has 3 aromatic carbocycles. The van der Waals surface area contributed by atoms with Crippen molar-refractivity contribution in [2.24, 2.45) is 0 Å². The van der Waals surface area contributed by atoms with E-state index in [2.05, 4.69) is 29.6 Å². The highest BCUT2D eigenvalue weighted by Crippen LogP contribution is 2.38. The maximum Gasteiger partial charge on any atom is 0.220 e. The molecule has 31 heavy (non-hydrogen) atoms. The Labute approximate surface area is 184 Å². The zero-order valence-corrected chi connectivity index (χ0v) is 18.3. The summed E-state index contributed by atoms with van der Waals surface area (Å²) in [4.78, 5) is 12.6. The van der Waals surface area contributed by atoms with Crippen molar-refractivity contribution in [1.29, 1.82) is 0 Å². The van der Waals surface area contributed by atoms with Crippen LogP contribution in [0.15, 0.2) is 72.8 Å². The van der Waals surface area contributed by atoms with Crippen molar-refractivity contribution in [3.63, 3.8) is 0 Å². The fourth-order valence-corrected chi connectivity index (χ4v) is 3.64. The van der Waals surface area contributed by atoms with E-state index < -0.39 is 0 Å². The number of amides is 1. The van der Waals surface area contributed by atoms with E-state index in [1.54, 1.807) is 21.3 Å². The molecule has 0 bridgehead atoms. The Morgan fingerprint density at radius 1 is 0.806 bits per heavy atom. The van der Waals surface area contributed by atoms with Crippen LogP contribution < -0.4 is 19.5 Å². The third kappa shape index (κ3) is 5.79. The fraction of sp³-hybridized carbons (Fsp3) is 0.269. The molecule has 0 radical (unpaired) electrons. The molecule has 3 rings (SSSR count). The van der Waals surface area contributed by atoms with Crippen molar-refractivity contribution in [2.45, 2.75) is 18.8 Å². The average Bonchev–Trinajstić information content (AvgIpc) is 2.83. The number of hydrogen-bond acceptors (Lipinski definition) is 4. The summed E-state index contributed by atoms with van der Waals surface area (Å²) in [5, 5.41) is 3.10. The molecular weight excluding hydrogens is 390 g/mol. The SMILES string of the molecule is COc1cc(CCC(=O)NCC(c2ccccc2)c2ccccc2)cc(OC)c1OC. The Morgan fingerprint density at radius 3 is 1.77 bits per heavy atom. The Morgan fingerprint density at radius 2 is 1.32 bits per heavy atom. The molecule has 0 aliphatic carbocycles. The Kier molecular flexibility index (Phi) is 7.93. The molecule has 1 N–H and O–H groups in total. The summed E-state index contributed by atoms with van der Waals surface area (Å²) in [5.41, 5.74) is 3.31. The molecule has 0 heterocycles. The van der Waals surface area contributed by atoms with Crippen LogP contribution in [-0.4, -0.2) is 33.8 Å². The van der Waals surface area contributed by atoms with E-state index in [4.69, 9.17) is 14.2 Å².